The van der Waals surface area contributed by atoms with Crippen molar-refractivity contribution in [3.63, 3.8) is 0 Å². The van der Waals surface area contributed by atoms with Crippen LogP contribution in [-0.2, 0) is 4.79 Å². The third-order valence-electron chi connectivity index (χ3n) is 3.56. The number of nitrogens with zero attached hydrogens (tertiary/aromatic N) is 1. The van der Waals surface area contributed by atoms with Gasteiger partial charge in [0.15, 0.2) is 0 Å². The highest BCUT2D eigenvalue weighted by Crippen LogP contribution is 2.30. The first-order valence-corrected chi connectivity index (χ1v) is 7.02. The molecule has 0 aromatic rings. The fourth-order valence-corrected chi connectivity index (χ4v) is 2.16. The van der Waals surface area contributed by atoms with Crippen LogP contribution < -0.4 is 0 Å². The normalized spacial score (nSPS) is 17.3. The lowest BCUT2D eigenvalue weighted by atomic mass is 9.85. The number of amides is 1. The van der Waals surface area contributed by atoms with Crippen LogP contribution in [0.2, 0.25) is 0 Å². The number of rotatable bonds is 5. The van der Waals surface area contributed by atoms with Crippen molar-refractivity contribution < 1.29 is 4.79 Å². The second-order valence-electron chi connectivity index (χ2n) is 5.01. The van der Waals surface area contributed by atoms with Gasteiger partial charge in [-0.3, -0.25) is 4.79 Å². The van der Waals surface area contributed by atoms with Crippen molar-refractivity contribution in [2.75, 3.05) is 11.9 Å². The van der Waals surface area contributed by atoms with Crippen molar-refractivity contribution in [2.45, 2.75) is 52.5 Å². The largest absolute Gasteiger partial charge is 0.338 e. The summed E-state index contributed by atoms with van der Waals surface area (Å²) < 4.78 is 0. The molecular weight excluding hydrogens is 254 g/mol. The predicted molar refractivity (Wildman–Crippen MR) is 67.2 cm³/mol. The minimum Gasteiger partial charge on any atom is -0.338 e. The third kappa shape index (κ3) is 2.96. The molecule has 1 saturated carbocycles. The molecule has 1 fully saturated rings. The Morgan fingerprint density at radius 2 is 2.07 bits per heavy atom. The van der Waals surface area contributed by atoms with Gasteiger partial charge < -0.3 is 4.90 Å². The molecule has 0 atom stereocenters. The van der Waals surface area contributed by atoms with Crippen LogP contribution in [0.3, 0.4) is 0 Å². The number of carbonyl (C=O) groups is 1. The maximum Gasteiger partial charge on any atom is 0.228 e. The van der Waals surface area contributed by atoms with Crippen LogP contribution in [0, 0.1) is 5.41 Å². The van der Waals surface area contributed by atoms with Crippen molar-refractivity contribution in [3.8, 4) is 0 Å². The first-order chi connectivity index (χ1) is 7.03. The smallest absolute Gasteiger partial charge is 0.228 e. The van der Waals surface area contributed by atoms with Gasteiger partial charge in [-0.15, -0.1) is 0 Å². The minimum atomic E-state index is -0.197. The van der Waals surface area contributed by atoms with E-state index in [-0.39, 0.29) is 5.41 Å². The van der Waals surface area contributed by atoms with E-state index >= 15 is 0 Å². The van der Waals surface area contributed by atoms with Crippen molar-refractivity contribution in [1.82, 2.24) is 4.90 Å². The van der Waals surface area contributed by atoms with Gasteiger partial charge in [-0.2, -0.15) is 0 Å². The molecule has 0 radical (unpaired) electrons. The van der Waals surface area contributed by atoms with Crippen LogP contribution in [0.25, 0.3) is 0 Å². The van der Waals surface area contributed by atoms with Crippen molar-refractivity contribution in [3.05, 3.63) is 0 Å². The first-order valence-electron chi connectivity index (χ1n) is 5.90. The second-order valence-corrected chi connectivity index (χ2v) is 5.80. The van der Waals surface area contributed by atoms with E-state index < -0.39 is 0 Å². The van der Waals surface area contributed by atoms with Gasteiger partial charge in [0.2, 0.25) is 5.91 Å². The summed E-state index contributed by atoms with van der Waals surface area (Å²) in [7, 11) is 0. The molecule has 1 amide bonds. The maximum absolute atomic E-state index is 12.3. The molecule has 1 aliphatic rings. The molecule has 15 heavy (non-hydrogen) atoms. The number of hydrogen-bond donors (Lipinski definition) is 0. The summed E-state index contributed by atoms with van der Waals surface area (Å²) in [6, 6.07) is 0.515. The Labute approximate surface area is 102 Å². The number of hydrogen-bond acceptors (Lipinski definition) is 1. The van der Waals surface area contributed by atoms with Gasteiger partial charge in [0, 0.05) is 23.3 Å². The maximum atomic E-state index is 12.3. The number of carbonyl (C=O) groups excluding carboxylic acids is 1. The van der Waals surface area contributed by atoms with E-state index in [1.807, 2.05) is 0 Å². The van der Waals surface area contributed by atoms with Crippen molar-refractivity contribution >= 4 is 21.8 Å². The molecule has 2 nitrogen and oxygen atoms in total. The molecule has 0 heterocycles. The quantitative estimate of drug-likeness (QED) is 0.706. The van der Waals surface area contributed by atoms with Gasteiger partial charge >= 0.3 is 0 Å². The molecule has 1 aliphatic carbocycles. The highest BCUT2D eigenvalue weighted by Gasteiger charge is 2.35. The summed E-state index contributed by atoms with van der Waals surface area (Å²) in [5, 5.41) is 0.884. The number of halogens is 1. The Balaban J connectivity index is 2.66. The summed E-state index contributed by atoms with van der Waals surface area (Å²) in [6.45, 7) is 7.04. The summed E-state index contributed by atoms with van der Waals surface area (Å²) in [5.74, 6) is 0.328. The second kappa shape index (κ2) is 5.33. The predicted octanol–water partition coefficient (Wildman–Crippen LogP) is 3.20. The van der Waals surface area contributed by atoms with Crippen molar-refractivity contribution in [1.29, 1.82) is 0 Å². The molecule has 0 aliphatic heterocycles. The molecule has 1 rings (SSSR count). The van der Waals surface area contributed by atoms with E-state index in [9.17, 15) is 4.79 Å². The molecule has 0 aromatic carbocycles. The SMILES string of the molecule is CCC(C)(C)C(=O)N(CCBr)C1CCC1. The highest BCUT2D eigenvalue weighted by atomic mass is 79.9. The Bertz CT molecular complexity index is 224. The van der Waals surface area contributed by atoms with Crippen LogP contribution in [0.5, 0.6) is 0 Å². The zero-order valence-electron chi connectivity index (χ0n) is 10.1. The molecule has 0 saturated heterocycles. The fourth-order valence-electron chi connectivity index (χ4n) is 1.78. The molecule has 0 spiro atoms. The lowest BCUT2D eigenvalue weighted by Crippen LogP contribution is -2.50. The van der Waals surface area contributed by atoms with E-state index in [4.69, 9.17) is 0 Å². The zero-order valence-corrected chi connectivity index (χ0v) is 11.6. The van der Waals surface area contributed by atoms with Gasteiger partial charge in [0.05, 0.1) is 0 Å². The molecule has 88 valence electrons. The molecule has 0 bridgehead atoms. The topological polar surface area (TPSA) is 20.3 Å². The van der Waals surface area contributed by atoms with Crippen LogP contribution >= 0.6 is 15.9 Å². The van der Waals surface area contributed by atoms with E-state index in [2.05, 4.69) is 41.6 Å². The Kier molecular flexibility index (Phi) is 4.63. The monoisotopic (exact) mass is 275 g/mol. The highest BCUT2D eigenvalue weighted by molar-refractivity contribution is 9.09. The average molecular weight is 276 g/mol. The zero-order chi connectivity index (χ0) is 11.5. The van der Waals surface area contributed by atoms with Gasteiger partial charge in [0.25, 0.3) is 0 Å². The molecule has 0 aromatic heterocycles. The van der Waals surface area contributed by atoms with Crippen LogP contribution in [0.1, 0.15) is 46.5 Å². The molecular formula is C12H22BrNO. The van der Waals surface area contributed by atoms with Gasteiger partial charge in [-0.05, 0) is 25.7 Å². The molecule has 3 heteroatoms. The van der Waals surface area contributed by atoms with Gasteiger partial charge in [-0.25, -0.2) is 0 Å². The average Bonchev–Trinajstić information content (AvgIpc) is 2.13. The Morgan fingerprint density at radius 3 is 2.40 bits per heavy atom. The van der Waals surface area contributed by atoms with Gasteiger partial charge in [-0.1, -0.05) is 36.7 Å². The van der Waals surface area contributed by atoms with E-state index in [1.165, 1.54) is 19.3 Å². The summed E-state index contributed by atoms with van der Waals surface area (Å²) in [6.07, 6.45) is 4.58. The first kappa shape index (κ1) is 13.0. The van der Waals surface area contributed by atoms with Gasteiger partial charge in [0.1, 0.15) is 0 Å². The Hall–Kier alpha value is -0.0500. The van der Waals surface area contributed by atoms with E-state index in [0.29, 0.717) is 11.9 Å². The van der Waals surface area contributed by atoms with Crippen LogP contribution in [0.15, 0.2) is 0 Å². The minimum absolute atomic E-state index is 0.197. The molecule has 0 N–H and O–H groups in total. The summed E-state index contributed by atoms with van der Waals surface area (Å²) in [5.41, 5.74) is -0.197. The van der Waals surface area contributed by atoms with Crippen LogP contribution in [0.4, 0.5) is 0 Å². The lowest BCUT2D eigenvalue weighted by Gasteiger charge is -2.41. The van der Waals surface area contributed by atoms with E-state index in [1.54, 1.807) is 0 Å². The fraction of sp³-hybridized carbons (Fsp3) is 0.917. The summed E-state index contributed by atoms with van der Waals surface area (Å²) >= 11 is 3.43. The third-order valence-corrected chi connectivity index (χ3v) is 3.92. The van der Waals surface area contributed by atoms with Crippen molar-refractivity contribution in [2.24, 2.45) is 5.41 Å². The lowest BCUT2D eigenvalue weighted by molar-refractivity contribution is -0.144. The Morgan fingerprint density at radius 1 is 1.47 bits per heavy atom. The summed E-state index contributed by atoms with van der Waals surface area (Å²) in [4.78, 5) is 14.4. The van der Waals surface area contributed by atoms with E-state index in [0.717, 1.165) is 18.3 Å². The number of alkyl halides is 1. The standard InChI is InChI=1S/C12H22BrNO/c1-4-12(2,3)11(15)14(9-8-13)10-6-5-7-10/h10H,4-9H2,1-3H3. The van der Waals surface area contributed by atoms with Crippen LogP contribution in [-0.4, -0.2) is 28.7 Å². The molecule has 0 unspecified atom stereocenters.